The SMILES string of the molecule is CC(C)OC(=O)CC1CCC([NH3+])CC1. The zero-order chi connectivity index (χ0) is 10.6. The van der Waals surface area contributed by atoms with Crippen LogP contribution in [0.2, 0.25) is 0 Å². The molecule has 0 radical (unpaired) electrons. The van der Waals surface area contributed by atoms with Crippen molar-refractivity contribution in [2.75, 3.05) is 0 Å². The Morgan fingerprint density at radius 1 is 1.36 bits per heavy atom. The molecule has 0 amide bonds. The van der Waals surface area contributed by atoms with Crippen molar-refractivity contribution in [1.82, 2.24) is 0 Å². The van der Waals surface area contributed by atoms with Crippen LogP contribution in [0.4, 0.5) is 0 Å². The molecule has 0 heterocycles. The topological polar surface area (TPSA) is 53.9 Å². The summed E-state index contributed by atoms with van der Waals surface area (Å²) in [6.45, 7) is 3.79. The first-order valence-corrected chi connectivity index (χ1v) is 5.60. The standard InChI is InChI=1S/C11H21NO2/c1-8(2)14-11(13)7-9-3-5-10(12)6-4-9/h8-10H,3-7,12H2,1-2H3/p+1. The van der Waals surface area contributed by atoms with Crippen molar-refractivity contribution < 1.29 is 15.3 Å². The van der Waals surface area contributed by atoms with E-state index in [0.717, 1.165) is 12.8 Å². The second-order valence-corrected chi connectivity index (χ2v) is 4.63. The summed E-state index contributed by atoms with van der Waals surface area (Å²) in [4.78, 5) is 11.4. The summed E-state index contributed by atoms with van der Waals surface area (Å²) in [5.41, 5.74) is 4.04. The summed E-state index contributed by atoms with van der Waals surface area (Å²) >= 11 is 0. The fourth-order valence-electron chi connectivity index (χ4n) is 1.98. The van der Waals surface area contributed by atoms with Crippen molar-refractivity contribution in [3.63, 3.8) is 0 Å². The number of carbonyl (C=O) groups is 1. The van der Waals surface area contributed by atoms with Gasteiger partial charge in [-0.3, -0.25) is 4.79 Å². The Balaban J connectivity index is 2.20. The predicted octanol–water partition coefficient (Wildman–Crippen LogP) is 1.13. The molecular weight excluding hydrogens is 178 g/mol. The van der Waals surface area contributed by atoms with Gasteiger partial charge in [-0.15, -0.1) is 0 Å². The molecule has 14 heavy (non-hydrogen) atoms. The maximum absolute atomic E-state index is 11.4. The Morgan fingerprint density at radius 3 is 2.43 bits per heavy atom. The molecule has 1 aliphatic carbocycles. The molecule has 0 aromatic heterocycles. The summed E-state index contributed by atoms with van der Waals surface area (Å²) in [5, 5.41) is 0. The number of hydrogen-bond donors (Lipinski definition) is 1. The number of esters is 1. The van der Waals surface area contributed by atoms with Crippen LogP contribution in [0.5, 0.6) is 0 Å². The molecule has 3 N–H and O–H groups in total. The number of hydrogen-bond acceptors (Lipinski definition) is 2. The van der Waals surface area contributed by atoms with E-state index in [4.69, 9.17) is 4.74 Å². The number of ether oxygens (including phenoxy) is 1. The Kier molecular flexibility index (Phi) is 4.39. The van der Waals surface area contributed by atoms with Crippen molar-refractivity contribution >= 4 is 5.97 Å². The third-order valence-corrected chi connectivity index (χ3v) is 2.79. The second kappa shape index (κ2) is 5.35. The van der Waals surface area contributed by atoms with Crippen LogP contribution in [0.15, 0.2) is 0 Å². The normalized spacial score (nSPS) is 27.7. The molecule has 0 aromatic carbocycles. The average Bonchev–Trinajstić information content (AvgIpc) is 2.07. The van der Waals surface area contributed by atoms with Crippen molar-refractivity contribution in [2.24, 2.45) is 5.92 Å². The van der Waals surface area contributed by atoms with Crippen LogP contribution < -0.4 is 5.73 Å². The Labute approximate surface area is 86.0 Å². The minimum absolute atomic E-state index is 0.0201. The lowest BCUT2D eigenvalue weighted by Crippen LogP contribution is -2.61. The number of quaternary nitrogens is 1. The molecule has 82 valence electrons. The lowest BCUT2D eigenvalue weighted by Gasteiger charge is -2.23. The minimum Gasteiger partial charge on any atom is -0.463 e. The molecule has 3 heteroatoms. The minimum atomic E-state index is -0.0347. The highest BCUT2D eigenvalue weighted by molar-refractivity contribution is 5.69. The van der Waals surface area contributed by atoms with E-state index in [0.29, 0.717) is 18.4 Å². The van der Waals surface area contributed by atoms with E-state index in [1.165, 1.54) is 12.8 Å². The maximum Gasteiger partial charge on any atom is 0.306 e. The van der Waals surface area contributed by atoms with Crippen LogP contribution in [0.25, 0.3) is 0 Å². The Bertz CT molecular complexity index is 184. The largest absolute Gasteiger partial charge is 0.463 e. The van der Waals surface area contributed by atoms with Crippen LogP contribution in [0.1, 0.15) is 46.0 Å². The molecule has 0 aliphatic heterocycles. The summed E-state index contributed by atoms with van der Waals surface area (Å²) in [5.74, 6) is 0.506. The van der Waals surface area contributed by atoms with Gasteiger partial charge in [0, 0.05) is 6.42 Å². The lowest BCUT2D eigenvalue weighted by molar-refractivity contribution is -0.426. The summed E-state index contributed by atoms with van der Waals surface area (Å²) in [6, 6.07) is 0.604. The number of carbonyl (C=O) groups excluding carboxylic acids is 1. The van der Waals surface area contributed by atoms with Gasteiger partial charge in [0.05, 0.1) is 12.1 Å². The molecule has 0 unspecified atom stereocenters. The summed E-state index contributed by atoms with van der Waals surface area (Å²) < 4.78 is 5.13. The van der Waals surface area contributed by atoms with Crippen molar-refractivity contribution in [1.29, 1.82) is 0 Å². The quantitative estimate of drug-likeness (QED) is 0.694. The van der Waals surface area contributed by atoms with Crippen LogP contribution >= 0.6 is 0 Å². The highest BCUT2D eigenvalue weighted by Crippen LogP contribution is 2.25. The molecule has 0 spiro atoms. The van der Waals surface area contributed by atoms with Gasteiger partial charge in [0.25, 0.3) is 0 Å². The van der Waals surface area contributed by atoms with E-state index in [2.05, 4.69) is 5.73 Å². The molecule has 0 aromatic rings. The van der Waals surface area contributed by atoms with Gasteiger partial charge >= 0.3 is 5.97 Å². The Morgan fingerprint density at radius 2 is 1.93 bits per heavy atom. The van der Waals surface area contributed by atoms with Crippen molar-refractivity contribution in [3.05, 3.63) is 0 Å². The maximum atomic E-state index is 11.4. The van der Waals surface area contributed by atoms with Crippen molar-refractivity contribution in [2.45, 2.75) is 58.1 Å². The first kappa shape index (κ1) is 11.5. The molecule has 0 bridgehead atoms. The molecule has 1 saturated carbocycles. The van der Waals surface area contributed by atoms with Crippen LogP contribution in [-0.4, -0.2) is 18.1 Å². The van der Waals surface area contributed by atoms with E-state index >= 15 is 0 Å². The third kappa shape index (κ3) is 4.09. The van der Waals surface area contributed by atoms with Gasteiger partial charge in [-0.2, -0.15) is 0 Å². The summed E-state index contributed by atoms with van der Waals surface area (Å²) in [6.07, 6.45) is 5.24. The van der Waals surface area contributed by atoms with Crippen LogP contribution in [0.3, 0.4) is 0 Å². The molecule has 0 atom stereocenters. The van der Waals surface area contributed by atoms with Crippen molar-refractivity contribution in [3.8, 4) is 0 Å². The Hall–Kier alpha value is -0.570. The van der Waals surface area contributed by atoms with Gasteiger partial charge < -0.3 is 10.5 Å². The van der Waals surface area contributed by atoms with E-state index in [9.17, 15) is 4.79 Å². The highest BCUT2D eigenvalue weighted by Gasteiger charge is 2.23. The predicted molar refractivity (Wildman–Crippen MR) is 54.5 cm³/mol. The second-order valence-electron chi connectivity index (χ2n) is 4.63. The van der Waals surface area contributed by atoms with E-state index < -0.39 is 0 Å². The van der Waals surface area contributed by atoms with E-state index in [-0.39, 0.29) is 12.1 Å². The first-order valence-electron chi connectivity index (χ1n) is 5.60. The highest BCUT2D eigenvalue weighted by atomic mass is 16.5. The fraction of sp³-hybridized carbons (Fsp3) is 0.909. The monoisotopic (exact) mass is 200 g/mol. The lowest BCUT2D eigenvalue weighted by atomic mass is 9.84. The van der Waals surface area contributed by atoms with Gasteiger partial charge in [0.1, 0.15) is 0 Å². The van der Waals surface area contributed by atoms with E-state index in [1.807, 2.05) is 13.8 Å². The zero-order valence-corrected chi connectivity index (χ0v) is 9.29. The molecule has 0 saturated heterocycles. The summed E-state index contributed by atoms with van der Waals surface area (Å²) in [7, 11) is 0. The van der Waals surface area contributed by atoms with Gasteiger partial charge in [-0.25, -0.2) is 0 Å². The van der Waals surface area contributed by atoms with Gasteiger partial charge in [0.15, 0.2) is 0 Å². The molecule has 1 aliphatic rings. The molecule has 1 rings (SSSR count). The molecule has 3 nitrogen and oxygen atoms in total. The van der Waals surface area contributed by atoms with E-state index in [1.54, 1.807) is 0 Å². The van der Waals surface area contributed by atoms with Gasteiger partial charge in [-0.05, 0) is 45.4 Å². The van der Waals surface area contributed by atoms with Gasteiger partial charge in [-0.1, -0.05) is 0 Å². The van der Waals surface area contributed by atoms with Crippen LogP contribution in [0, 0.1) is 5.92 Å². The zero-order valence-electron chi connectivity index (χ0n) is 9.29. The number of rotatable bonds is 3. The molecular formula is C11H22NO2+. The fourth-order valence-corrected chi connectivity index (χ4v) is 1.98. The first-order chi connectivity index (χ1) is 6.58. The average molecular weight is 200 g/mol. The van der Waals surface area contributed by atoms with Gasteiger partial charge in [0.2, 0.25) is 0 Å². The van der Waals surface area contributed by atoms with Crippen LogP contribution in [-0.2, 0) is 9.53 Å². The third-order valence-electron chi connectivity index (χ3n) is 2.79. The molecule has 1 fully saturated rings. The smallest absolute Gasteiger partial charge is 0.306 e.